The quantitative estimate of drug-likeness (QED) is 0.599. The van der Waals surface area contributed by atoms with Crippen LogP contribution in [0.1, 0.15) is 33.0 Å². The van der Waals surface area contributed by atoms with E-state index in [-0.39, 0.29) is 13.2 Å². The van der Waals surface area contributed by atoms with Crippen LogP contribution in [-0.2, 0) is 26.7 Å². The highest BCUT2D eigenvalue weighted by atomic mass is 16.9. The summed E-state index contributed by atoms with van der Waals surface area (Å²) >= 11 is 0. The first-order valence-electron chi connectivity index (χ1n) is 6.32. The van der Waals surface area contributed by atoms with Gasteiger partial charge in [-0.05, 0) is 20.3 Å². The first-order chi connectivity index (χ1) is 9.07. The van der Waals surface area contributed by atoms with E-state index in [4.69, 9.17) is 9.47 Å². The lowest BCUT2D eigenvalue weighted by Gasteiger charge is -2.28. The summed E-state index contributed by atoms with van der Waals surface area (Å²) in [4.78, 5) is 15.5. The van der Waals surface area contributed by atoms with Gasteiger partial charge in [-0.15, -0.1) is 0 Å². The van der Waals surface area contributed by atoms with E-state index in [1.54, 1.807) is 13.8 Å². The molecular weight excluding hydrogens is 252 g/mol. The number of rotatable bonds is 7. The van der Waals surface area contributed by atoms with E-state index in [1.807, 2.05) is 6.92 Å². The molecule has 7 heteroatoms. The largest absolute Gasteiger partial charge is 0.513 e. The molecule has 0 saturated carbocycles. The van der Waals surface area contributed by atoms with Gasteiger partial charge in [0.2, 0.25) is 0 Å². The van der Waals surface area contributed by atoms with Crippen LogP contribution in [0.3, 0.4) is 0 Å². The normalized spacial score (nSPS) is 13.9. The Kier molecular flexibility index (Phi) is 5.78. The first-order valence-corrected chi connectivity index (χ1v) is 6.32. The molecule has 1 N–H and O–H groups in total. The van der Waals surface area contributed by atoms with Gasteiger partial charge in [0.1, 0.15) is 5.82 Å². The summed E-state index contributed by atoms with van der Waals surface area (Å²) in [5.74, 6) is 0.558. The van der Waals surface area contributed by atoms with Crippen molar-refractivity contribution < 1.29 is 24.1 Å². The summed E-state index contributed by atoms with van der Waals surface area (Å²) in [7, 11) is 0. The van der Waals surface area contributed by atoms with Crippen molar-refractivity contribution in [2.24, 2.45) is 0 Å². The zero-order valence-corrected chi connectivity index (χ0v) is 11.5. The zero-order chi connectivity index (χ0) is 14.3. The molecule has 1 aromatic heterocycles. The molecule has 19 heavy (non-hydrogen) atoms. The fraction of sp³-hybridized carbons (Fsp3) is 0.667. The van der Waals surface area contributed by atoms with E-state index in [2.05, 4.69) is 9.72 Å². The van der Waals surface area contributed by atoms with Crippen molar-refractivity contribution in [3.05, 3.63) is 18.2 Å². The van der Waals surface area contributed by atoms with Crippen LogP contribution in [0.15, 0.2) is 12.4 Å². The van der Waals surface area contributed by atoms with Gasteiger partial charge < -0.3 is 14.6 Å². The third kappa shape index (κ3) is 3.93. The molecule has 108 valence electrons. The minimum absolute atomic E-state index is 0.146. The Morgan fingerprint density at radius 3 is 2.74 bits per heavy atom. The highest BCUT2D eigenvalue weighted by molar-refractivity contribution is 5.59. The van der Waals surface area contributed by atoms with E-state index in [0.717, 1.165) is 6.42 Å². The number of carbonyl (C=O) groups excluding carboxylic acids is 1. The summed E-state index contributed by atoms with van der Waals surface area (Å²) in [6, 6.07) is 0. The Morgan fingerprint density at radius 1 is 1.42 bits per heavy atom. The van der Waals surface area contributed by atoms with Crippen LogP contribution < -0.4 is 0 Å². The van der Waals surface area contributed by atoms with Gasteiger partial charge in [0.15, 0.2) is 0 Å². The maximum Gasteiger partial charge on any atom is 0.513 e. The van der Waals surface area contributed by atoms with Gasteiger partial charge in [0, 0.05) is 18.8 Å². The molecule has 1 aromatic rings. The Balaban J connectivity index is 2.96. The molecule has 1 heterocycles. The number of aryl methyl sites for hydroxylation is 1. The molecule has 1 atom stereocenters. The number of imidazole rings is 1. The van der Waals surface area contributed by atoms with Crippen molar-refractivity contribution in [1.82, 2.24) is 9.55 Å². The summed E-state index contributed by atoms with van der Waals surface area (Å²) in [6.07, 6.45) is 1.20. The standard InChI is InChI=1S/C12H20N2O5/c1-4-7-10-13-8-9-14(10)12(16,18-6-3)19-11(15)17-5-2/h8-9,16H,4-7H2,1-3H3/t12-/m1/s1. The average molecular weight is 272 g/mol. The minimum atomic E-state index is -2.23. The molecular formula is C12H20N2O5. The summed E-state index contributed by atoms with van der Waals surface area (Å²) < 4.78 is 15.9. The number of hydrogen-bond acceptors (Lipinski definition) is 6. The van der Waals surface area contributed by atoms with Crippen molar-refractivity contribution in [3.63, 3.8) is 0 Å². The predicted molar refractivity (Wildman–Crippen MR) is 66.1 cm³/mol. The summed E-state index contributed by atoms with van der Waals surface area (Å²) in [5.41, 5.74) is 0. The number of carbonyl (C=O) groups is 1. The second-order valence-electron chi connectivity index (χ2n) is 3.73. The highest BCUT2D eigenvalue weighted by Gasteiger charge is 2.37. The molecule has 0 spiro atoms. The first kappa shape index (κ1) is 15.5. The van der Waals surface area contributed by atoms with Crippen molar-refractivity contribution in [2.45, 2.75) is 39.7 Å². The predicted octanol–water partition coefficient (Wildman–Crippen LogP) is 1.61. The van der Waals surface area contributed by atoms with Crippen molar-refractivity contribution >= 4 is 6.16 Å². The Morgan fingerprint density at radius 2 is 2.16 bits per heavy atom. The minimum Gasteiger partial charge on any atom is -0.434 e. The highest BCUT2D eigenvalue weighted by Crippen LogP contribution is 2.20. The fourth-order valence-corrected chi connectivity index (χ4v) is 1.59. The van der Waals surface area contributed by atoms with Gasteiger partial charge in [0.25, 0.3) is 0 Å². The fourth-order valence-electron chi connectivity index (χ4n) is 1.59. The number of aliphatic hydroxyl groups is 1. The number of nitrogens with zero attached hydrogens (tertiary/aromatic N) is 2. The van der Waals surface area contributed by atoms with Crippen molar-refractivity contribution in [1.29, 1.82) is 0 Å². The van der Waals surface area contributed by atoms with E-state index < -0.39 is 12.3 Å². The molecule has 0 saturated heterocycles. The second kappa shape index (κ2) is 7.10. The van der Waals surface area contributed by atoms with E-state index in [1.165, 1.54) is 17.0 Å². The lowest BCUT2D eigenvalue weighted by Crippen LogP contribution is -2.42. The average Bonchev–Trinajstić information content (AvgIpc) is 2.79. The van der Waals surface area contributed by atoms with Crippen LogP contribution in [0.2, 0.25) is 0 Å². The smallest absolute Gasteiger partial charge is 0.434 e. The zero-order valence-electron chi connectivity index (χ0n) is 11.5. The Labute approximate surface area is 112 Å². The van der Waals surface area contributed by atoms with Gasteiger partial charge in [-0.1, -0.05) is 6.92 Å². The Bertz CT molecular complexity index is 407. The van der Waals surface area contributed by atoms with Crippen LogP contribution >= 0.6 is 0 Å². The molecule has 0 aliphatic heterocycles. The third-order valence-corrected chi connectivity index (χ3v) is 2.31. The monoisotopic (exact) mass is 272 g/mol. The Hall–Kier alpha value is -1.60. The van der Waals surface area contributed by atoms with Crippen molar-refractivity contribution in [3.8, 4) is 0 Å². The molecule has 0 unspecified atom stereocenters. The van der Waals surface area contributed by atoms with Crippen LogP contribution in [0.25, 0.3) is 0 Å². The lowest BCUT2D eigenvalue weighted by molar-refractivity contribution is -0.396. The molecule has 0 aromatic carbocycles. The van der Waals surface area contributed by atoms with Crippen LogP contribution in [0.4, 0.5) is 4.79 Å². The molecule has 0 radical (unpaired) electrons. The maximum atomic E-state index is 11.4. The van der Waals surface area contributed by atoms with E-state index >= 15 is 0 Å². The number of ether oxygens (including phenoxy) is 3. The van der Waals surface area contributed by atoms with Crippen LogP contribution in [-0.4, -0.2) is 34.0 Å². The van der Waals surface area contributed by atoms with E-state index in [9.17, 15) is 9.90 Å². The number of aromatic nitrogens is 2. The third-order valence-electron chi connectivity index (χ3n) is 2.31. The molecule has 0 bridgehead atoms. The van der Waals surface area contributed by atoms with Crippen molar-refractivity contribution in [2.75, 3.05) is 13.2 Å². The van der Waals surface area contributed by atoms with Crippen LogP contribution in [0, 0.1) is 0 Å². The molecule has 0 amide bonds. The topological polar surface area (TPSA) is 82.8 Å². The van der Waals surface area contributed by atoms with E-state index in [0.29, 0.717) is 12.2 Å². The van der Waals surface area contributed by atoms with Gasteiger partial charge in [0.05, 0.1) is 13.2 Å². The SMILES string of the molecule is CCCc1nccn1[C@@](O)(OCC)OC(=O)OCC. The van der Waals surface area contributed by atoms with Gasteiger partial charge in [-0.2, -0.15) is 0 Å². The maximum absolute atomic E-state index is 11.4. The van der Waals surface area contributed by atoms with Gasteiger partial charge in [-0.3, -0.25) is 4.74 Å². The summed E-state index contributed by atoms with van der Waals surface area (Å²) in [6.45, 7) is 5.59. The van der Waals surface area contributed by atoms with Gasteiger partial charge >= 0.3 is 12.3 Å². The molecule has 7 nitrogen and oxygen atoms in total. The second-order valence-corrected chi connectivity index (χ2v) is 3.73. The molecule has 1 rings (SSSR count). The summed E-state index contributed by atoms with van der Waals surface area (Å²) in [5, 5.41) is 10.4. The number of hydrogen-bond donors (Lipinski definition) is 1. The molecule has 0 fully saturated rings. The molecule has 0 aliphatic carbocycles. The van der Waals surface area contributed by atoms with Gasteiger partial charge in [-0.25, -0.2) is 14.3 Å². The van der Waals surface area contributed by atoms with Crippen LogP contribution in [0.5, 0.6) is 0 Å². The lowest BCUT2D eigenvalue weighted by atomic mass is 10.3. The molecule has 0 aliphatic rings.